The lowest BCUT2D eigenvalue weighted by Gasteiger charge is -2.03. The molecule has 25 heavy (non-hydrogen) atoms. The van der Waals surface area contributed by atoms with Crippen LogP contribution in [0.4, 0.5) is 0 Å². The molecule has 2 aromatic heterocycles. The summed E-state index contributed by atoms with van der Waals surface area (Å²) in [4.78, 5) is 5.55. The van der Waals surface area contributed by atoms with Crippen molar-refractivity contribution < 1.29 is 12.8 Å². The first-order valence-electron chi connectivity index (χ1n) is 8.09. The van der Waals surface area contributed by atoms with Gasteiger partial charge in [0.15, 0.2) is 0 Å². The summed E-state index contributed by atoms with van der Waals surface area (Å²) in [6.45, 7) is 4.13. The van der Waals surface area contributed by atoms with Crippen LogP contribution in [0.5, 0.6) is 0 Å². The summed E-state index contributed by atoms with van der Waals surface area (Å²) in [7, 11) is -3.47. The predicted octanol–water partition coefficient (Wildman–Crippen LogP) is 3.79. The molecule has 0 radical (unpaired) electrons. The number of aryl methyl sites for hydroxylation is 2. The average Bonchev–Trinajstić information content (AvgIpc) is 3.23. The van der Waals surface area contributed by atoms with Gasteiger partial charge in [0.25, 0.3) is 0 Å². The van der Waals surface area contributed by atoms with Crippen molar-refractivity contribution >= 4 is 21.4 Å². The largest absolute Gasteiger partial charge is 0.441 e. The summed E-state index contributed by atoms with van der Waals surface area (Å²) in [5.74, 6) is 1.27. The smallest absolute Gasteiger partial charge is 0.250 e. The highest BCUT2D eigenvalue weighted by Crippen LogP contribution is 2.23. The summed E-state index contributed by atoms with van der Waals surface area (Å²) in [6.07, 6.45) is 1.31. The van der Waals surface area contributed by atoms with Crippen molar-refractivity contribution in [2.75, 3.05) is 6.54 Å². The first-order valence-corrected chi connectivity index (χ1v) is 10.4. The van der Waals surface area contributed by atoms with Gasteiger partial charge in [0.05, 0.1) is 5.69 Å². The molecule has 0 aliphatic carbocycles. The fraction of sp³-hybridized carbons (Fsp3) is 0.278. The Labute approximate surface area is 151 Å². The van der Waals surface area contributed by atoms with E-state index in [-0.39, 0.29) is 6.54 Å². The fourth-order valence-electron chi connectivity index (χ4n) is 2.43. The third kappa shape index (κ3) is 4.18. The molecular weight excluding hydrogens is 356 g/mol. The van der Waals surface area contributed by atoms with E-state index in [1.807, 2.05) is 50.2 Å². The highest BCUT2D eigenvalue weighted by atomic mass is 32.2. The lowest BCUT2D eigenvalue weighted by atomic mass is 10.2. The molecule has 3 aromatic rings. The second kappa shape index (κ2) is 7.51. The highest BCUT2D eigenvalue weighted by Gasteiger charge is 2.17. The van der Waals surface area contributed by atoms with Crippen molar-refractivity contribution in [2.45, 2.75) is 30.9 Å². The van der Waals surface area contributed by atoms with E-state index in [1.54, 1.807) is 6.07 Å². The fourth-order valence-corrected chi connectivity index (χ4v) is 4.80. The minimum atomic E-state index is -3.47. The van der Waals surface area contributed by atoms with Crippen LogP contribution in [0, 0.1) is 6.92 Å². The van der Waals surface area contributed by atoms with Crippen molar-refractivity contribution in [1.82, 2.24) is 9.71 Å². The van der Waals surface area contributed by atoms with Crippen molar-refractivity contribution in [2.24, 2.45) is 0 Å². The summed E-state index contributed by atoms with van der Waals surface area (Å²) in [5.41, 5.74) is 1.67. The van der Waals surface area contributed by atoms with Gasteiger partial charge < -0.3 is 4.42 Å². The van der Waals surface area contributed by atoms with E-state index in [0.717, 1.165) is 22.6 Å². The third-order valence-corrected chi connectivity index (χ3v) is 7.00. The zero-order chi connectivity index (χ0) is 17.9. The Kier molecular flexibility index (Phi) is 5.36. The van der Waals surface area contributed by atoms with Gasteiger partial charge in [-0.25, -0.2) is 18.1 Å². The molecule has 0 unspecified atom stereocenters. The Morgan fingerprint density at radius 1 is 1.16 bits per heavy atom. The number of hydrogen-bond acceptors (Lipinski definition) is 5. The Morgan fingerprint density at radius 2 is 1.92 bits per heavy atom. The van der Waals surface area contributed by atoms with Crippen molar-refractivity contribution in [3.63, 3.8) is 0 Å². The molecule has 3 rings (SSSR count). The zero-order valence-electron chi connectivity index (χ0n) is 14.2. The van der Waals surface area contributed by atoms with Crippen LogP contribution in [-0.4, -0.2) is 19.9 Å². The molecule has 1 N–H and O–H groups in total. The number of benzene rings is 1. The van der Waals surface area contributed by atoms with Gasteiger partial charge in [0.1, 0.15) is 9.97 Å². The van der Waals surface area contributed by atoms with Crippen LogP contribution in [0.25, 0.3) is 11.5 Å². The topological polar surface area (TPSA) is 72.2 Å². The summed E-state index contributed by atoms with van der Waals surface area (Å²) in [6, 6.07) is 13.2. The van der Waals surface area contributed by atoms with Crippen LogP contribution < -0.4 is 4.72 Å². The Morgan fingerprint density at radius 3 is 2.60 bits per heavy atom. The van der Waals surface area contributed by atoms with Gasteiger partial charge in [-0.15, -0.1) is 11.3 Å². The molecule has 0 bridgehead atoms. The molecular formula is C18H20N2O3S2. The van der Waals surface area contributed by atoms with Crippen molar-refractivity contribution in [1.29, 1.82) is 0 Å². The maximum atomic E-state index is 12.3. The zero-order valence-corrected chi connectivity index (χ0v) is 15.8. The van der Waals surface area contributed by atoms with E-state index in [9.17, 15) is 8.42 Å². The summed E-state index contributed by atoms with van der Waals surface area (Å²) >= 11 is 1.31. The minimum Gasteiger partial charge on any atom is -0.441 e. The first kappa shape index (κ1) is 17.8. The molecule has 0 amide bonds. The lowest BCUT2D eigenvalue weighted by molar-refractivity contribution is 0.538. The molecule has 0 fully saturated rings. The molecule has 5 nitrogen and oxygen atoms in total. The van der Waals surface area contributed by atoms with Gasteiger partial charge in [0.2, 0.25) is 15.9 Å². The van der Waals surface area contributed by atoms with E-state index in [2.05, 4.69) is 9.71 Å². The maximum absolute atomic E-state index is 12.3. The van der Waals surface area contributed by atoms with Crippen LogP contribution in [0.1, 0.15) is 23.3 Å². The standard InChI is InChI=1S/C18H20N2O3S2/c1-3-15-9-10-17(24-15)25(21,22)19-12-11-16-13(2)23-18(20-16)14-7-5-4-6-8-14/h4-10,19H,3,11-12H2,1-2H3. The van der Waals surface area contributed by atoms with E-state index in [0.29, 0.717) is 22.3 Å². The van der Waals surface area contributed by atoms with Crippen LogP contribution in [0.15, 0.2) is 51.1 Å². The van der Waals surface area contributed by atoms with E-state index >= 15 is 0 Å². The maximum Gasteiger partial charge on any atom is 0.250 e. The van der Waals surface area contributed by atoms with Crippen molar-refractivity contribution in [3.05, 3.63) is 58.8 Å². The number of sulfonamides is 1. The molecule has 2 heterocycles. The predicted molar refractivity (Wildman–Crippen MR) is 99.3 cm³/mol. The third-order valence-electron chi connectivity index (χ3n) is 3.82. The summed E-state index contributed by atoms with van der Waals surface area (Å²) in [5, 5.41) is 0. The van der Waals surface area contributed by atoms with Crippen LogP contribution >= 0.6 is 11.3 Å². The van der Waals surface area contributed by atoms with Crippen LogP contribution in [-0.2, 0) is 22.9 Å². The normalized spacial score (nSPS) is 11.8. The van der Waals surface area contributed by atoms with Crippen LogP contribution in [0.3, 0.4) is 0 Å². The van der Waals surface area contributed by atoms with E-state index in [1.165, 1.54) is 11.3 Å². The van der Waals surface area contributed by atoms with Crippen LogP contribution in [0.2, 0.25) is 0 Å². The molecule has 0 saturated carbocycles. The number of rotatable bonds is 7. The van der Waals surface area contributed by atoms with Gasteiger partial charge >= 0.3 is 0 Å². The number of thiophene rings is 1. The molecule has 1 aromatic carbocycles. The molecule has 132 valence electrons. The number of hydrogen-bond donors (Lipinski definition) is 1. The first-order chi connectivity index (χ1) is 12.0. The number of nitrogens with one attached hydrogen (secondary N) is 1. The Bertz CT molecular complexity index is 944. The SMILES string of the molecule is CCc1ccc(S(=O)(=O)NCCc2nc(-c3ccccc3)oc2C)s1. The molecule has 0 spiro atoms. The second-order valence-corrected chi connectivity index (χ2v) is 8.77. The number of aromatic nitrogens is 1. The molecule has 0 atom stereocenters. The number of nitrogens with zero attached hydrogens (tertiary/aromatic N) is 1. The summed E-state index contributed by atoms with van der Waals surface area (Å²) < 4.78 is 33.3. The molecule has 0 aliphatic heterocycles. The number of oxazole rings is 1. The molecule has 0 aliphatic rings. The Hall–Kier alpha value is -1.96. The highest BCUT2D eigenvalue weighted by molar-refractivity contribution is 7.91. The minimum absolute atomic E-state index is 0.281. The quantitative estimate of drug-likeness (QED) is 0.681. The molecule has 0 saturated heterocycles. The van der Waals surface area contributed by atoms with E-state index < -0.39 is 10.0 Å². The van der Waals surface area contributed by atoms with Gasteiger partial charge in [-0.3, -0.25) is 0 Å². The van der Waals surface area contributed by atoms with Gasteiger partial charge in [-0.2, -0.15) is 0 Å². The van der Waals surface area contributed by atoms with Gasteiger partial charge in [0, 0.05) is 23.4 Å². The Balaban J connectivity index is 1.65. The molecule has 7 heteroatoms. The average molecular weight is 377 g/mol. The van der Waals surface area contributed by atoms with Gasteiger partial charge in [-0.1, -0.05) is 25.1 Å². The van der Waals surface area contributed by atoms with Crippen molar-refractivity contribution in [3.8, 4) is 11.5 Å². The lowest BCUT2D eigenvalue weighted by Crippen LogP contribution is -2.25. The van der Waals surface area contributed by atoms with Gasteiger partial charge in [-0.05, 0) is 37.6 Å². The monoisotopic (exact) mass is 376 g/mol. The van der Waals surface area contributed by atoms with E-state index in [4.69, 9.17) is 4.42 Å². The second-order valence-electron chi connectivity index (χ2n) is 5.61.